The molecule has 2 heteroatoms. The van der Waals surface area contributed by atoms with Crippen molar-refractivity contribution in [2.24, 2.45) is 5.92 Å². The molecule has 0 bridgehead atoms. The average Bonchev–Trinajstić information content (AvgIpc) is 2.53. The summed E-state index contributed by atoms with van der Waals surface area (Å²) in [5.41, 5.74) is 1.34. The molecule has 0 heterocycles. The largest absolute Gasteiger partial charge is 0.497 e. The Labute approximate surface area is 136 Å². The van der Waals surface area contributed by atoms with Crippen LogP contribution in [0.1, 0.15) is 63.9 Å². The van der Waals surface area contributed by atoms with Gasteiger partial charge in [0.25, 0.3) is 0 Å². The molecule has 0 amide bonds. The fraction of sp³-hybridized carbons (Fsp3) is 0.684. The first-order valence-corrected chi connectivity index (χ1v) is 9.02. The fourth-order valence-corrected chi connectivity index (χ4v) is 3.02. The number of ether oxygens (including phenoxy) is 1. The van der Waals surface area contributed by atoms with Crippen molar-refractivity contribution in [3.8, 4) is 5.75 Å². The van der Waals surface area contributed by atoms with Crippen LogP contribution < -0.4 is 4.74 Å². The van der Waals surface area contributed by atoms with Crippen LogP contribution in [0.4, 0.5) is 0 Å². The van der Waals surface area contributed by atoms with Gasteiger partial charge in [0.1, 0.15) is 5.75 Å². The van der Waals surface area contributed by atoms with E-state index in [0.717, 1.165) is 18.1 Å². The highest BCUT2D eigenvalue weighted by atomic mass is 35.5. The number of hydrogen-bond donors (Lipinski definition) is 0. The standard InChI is InChI=1S/C19H31ClO/c1-3-4-5-6-7-8-9-11-18(16-20)14-17-12-10-13-19(15-17)21-2/h10,12-13,15,18H,3-9,11,14,16H2,1-2H3. The van der Waals surface area contributed by atoms with Gasteiger partial charge in [-0.3, -0.25) is 0 Å². The molecule has 120 valence electrons. The number of hydrogen-bond acceptors (Lipinski definition) is 1. The predicted octanol–water partition coefficient (Wildman–Crippen LogP) is 6.23. The minimum atomic E-state index is 0.592. The molecule has 0 aromatic heterocycles. The maximum absolute atomic E-state index is 6.14. The quantitative estimate of drug-likeness (QED) is 0.328. The van der Waals surface area contributed by atoms with Crippen molar-refractivity contribution in [3.63, 3.8) is 0 Å². The molecule has 0 radical (unpaired) electrons. The number of unbranched alkanes of at least 4 members (excludes halogenated alkanes) is 6. The van der Waals surface area contributed by atoms with Crippen molar-refractivity contribution < 1.29 is 4.74 Å². The number of benzene rings is 1. The highest BCUT2D eigenvalue weighted by Gasteiger charge is 2.09. The first-order chi connectivity index (χ1) is 10.3. The summed E-state index contributed by atoms with van der Waals surface area (Å²) in [7, 11) is 1.72. The first-order valence-electron chi connectivity index (χ1n) is 8.49. The highest BCUT2D eigenvalue weighted by Crippen LogP contribution is 2.21. The second kappa shape index (κ2) is 11.9. The molecule has 21 heavy (non-hydrogen) atoms. The predicted molar refractivity (Wildman–Crippen MR) is 93.5 cm³/mol. The lowest BCUT2D eigenvalue weighted by atomic mass is 9.95. The third-order valence-corrected chi connectivity index (χ3v) is 4.53. The van der Waals surface area contributed by atoms with E-state index in [1.807, 2.05) is 6.07 Å². The van der Waals surface area contributed by atoms with E-state index in [1.54, 1.807) is 7.11 Å². The maximum atomic E-state index is 6.14. The maximum Gasteiger partial charge on any atom is 0.119 e. The second-order valence-corrected chi connectivity index (χ2v) is 6.29. The SMILES string of the molecule is CCCCCCCCCC(CCl)Cc1cccc(OC)c1. The van der Waals surface area contributed by atoms with Gasteiger partial charge in [-0.05, 0) is 36.5 Å². The van der Waals surface area contributed by atoms with E-state index in [2.05, 4.69) is 25.1 Å². The number of halogens is 1. The lowest BCUT2D eigenvalue weighted by Gasteiger charge is -2.14. The van der Waals surface area contributed by atoms with Crippen LogP contribution in [0.25, 0.3) is 0 Å². The van der Waals surface area contributed by atoms with Gasteiger partial charge in [0.15, 0.2) is 0 Å². The number of rotatable bonds is 12. The fourth-order valence-electron chi connectivity index (χ4n) is 2.76. The van der Waals surface area contributed by atoms with Crippen LogP contribution in [0.5, 0.6) is 5.75 Å². The summed E-state index contributed by atoms with van der Waals surface area (Å²) >= 11 is 6.14. The average molecular weight is 311 g/mol. The second-order valence-electron chi connectivity index (χ2n) is 5.99. The summed E-state index contributed by atoms with van der Waals surface area (Å²) < 4.78 is 5.28. The minimum absolute atomic E-state index is 0.592. The summed E-state index contributed by atoms with van der Waals surface area (Å²) in [5.74, 6) is 2.29. The number of methoxy groups -OCH3 is 1. The van der Waals surface area contributed by atoms with Gasteiger partial charge in [0.05, 0.1) is 7.11 Å². The van der Waals surface area contributed by atoms with Crippen LogP contribution in [0.3, 0.4) is 0 Å². The lowest BCUT2D eigenvalue weighted by Crippen LogP contribution is -2.06. The molecule has 1 aromatic rings. The number of alkyl halides is 1. The van der Waals surface area contributed by atoms with Crippen LogP contribution >= 0.6 is 11.6 Å². The van der Waals surface area contributed by atoms with Gasteiger partial charge in [-0.25, -0.2) is 0 Å². The zero-order valence-corrected chi connectivity index (χ0v) is 14.5. The zero-order chi connectivity index (χ0) is 15.3. The Kier molecular flexibility index (Phi) is 10.4. The van der Waals surface area contributed by atoms with E-state index in [9.17, 15) is 0 Å². The smallest absolute Gasteiger partial charge is 0.119 e. The first kappa shape index (κ1) is 18.4. The molecule has 1 unspecified atom stereocenters. The normalized spacial score (nSPS) is 12.3. The van der Waals surface area contributed by atoms with Crippen LogP contribution in [0, 0.1) is 5.92 Å². The van der Waals surface area contributed by atoms with Gasteiger partial charge < -0.3 is 4.74 Å². The topological polar surface area (TPSA) is 9.23 Å². The van der Waals surface area contributed by atoms with E-state index in [0.29, 0.717) is 5.92 Å². The summed E-state index contributed by atoms with van der Waals surface area (Å²) in [6, 6.07) is 8.36. The van der Waals surface area contributed by atoms with E-state index < -0.39 is 0 Å². The third kappa shape index (κ3) is 8.36. The van der Waals surface area contributed by atoms with Crippen molar-refractivity contribution in [1.29, 1.82) is 0 Å². The Bertz CT molecular complexity index is 364. The molecular weight excluding hydrogens is 280 g/mol. The molecule has 0 saturated carbocycles. The van der Waals surface area contributed by atoms with Gasteiger partial charge in [-0.2, -0.15) is 0 Å². The van der Waals surface area contributed by atoms with Gasteiger partial charge in [-0.1, -0.05) is 64.0 Å². The van der Waals surface area contributed by atoms with Gasteiger partial charge >= 0.3 is 0 Å². The Morgan fingerprint density at radius 3 is 2.43 bits per heavy atom. The molecule has 0 spiro atoms. The van der Waals surface area contributed by atoms with E-state index >= 15 is 0 Å². The lowest BCUT2D eigenvalue weighted by molar-refractivity contribution is 0.413. The molecule has 0 N–H and O–H groups in total. The van der Waals surface area contributed by atoms with Gasteiger partial charge in [-0.15, -0.1) is 11.6 Å². The van der Waals surface area contributed by atoms with Gasteiger partial charge in [0.2, 0.25) is 0 Å². The zero-order valence-electron chi connectivity index (χ0n) is 13.7. The van der Waals surface area contributed by atoms with Crippen molar-refractivity contribution in [3.05, 3.63) is 29.8 Å². The molecule has 0 fully saturated rings. The summed E-state index contributed by atoms with van der Waals surface area (Å²) in [5, 5.41) is 0. The molecule has 1 atom stereocenters. The van der Waals surface area contributed by atoms with Crippen LogP contribution in [0.2, 0.25) is 0 Å². The molecule has 1 rings (SSSR count). The minimum Gasteiger partial charge on any atom is -0.497 e. The van der Waals surface area contributed by atoms with E-state index in [-0.39, 0.29) is 0 Å². The third-order valence-electron chi connectivity index (χ3n) is 4.09. The highest BCUT2D eigenvalue weighted by molar-refractivity contribution is 6.18. The van der Waals surface area contributed by atoms with Crippen molar-refractivity contribution in [2.75, 3.05) is 13.0 Å². The monoisotopic (exact) mass is 310 g/mol. The van der Waals surface area contributed by atoms with Crippen molar-refractivity contribution in [2.45, 2.75) is 64.7 Å². The molecule has 0 aliphatic rings. The molecule has 0 aliphatic carbocycles. The molecule has 0 aliphatic heterocycles. The van der Waals surface area contributed by atoms with E-state index in [1.165, 1.54) is 56.9 Å². The summed E-state index contributed by atoms with van der Waals surface area (Å²) in [4.78, 5) is 0. The van der Waals surface area contributed by atoms with Crippen LogP contribution in [0.15, 0.2) is 24.3 Å². The van der Waals surface area contributed by atoms with Gasteiger partial charge in [0, 0.05) is 5.88 Å². The Balaban J connectivity index is 2.22. The Hall–Kier alpha value is -0.690. The molecule has 1 nitrogen and oxygen atoms in total. The van der Waals surface area contributed by atoms with Crippen LogP contribution in [-0.2, 0) is 6.42 Å². The molecule has 0 saturated heterocycles. The van der Waals surface area contributed by atoms with E-state index in [4.69, 9.17) is 16.3 Å². The summed E-state index contributed by atoms with van der Waals surface area (Å²) in [6.07, 6.45) is 11.9. The van der Waals surface area contributed by atoms with Crippen molar-refractivity contribution >= 4 is 11.6 Å². The van der Waals surface area contributed by atoms with Crippen LogP contribution in [-0.4, -0.2) is 13.0 Å². The Morgan fingerprint density at radius 2 is 1.76 bits per heavy atom. The molecular formula is C19H31ClO. The Morgan fingerprint density at radius 1 is 1.05 bits per heavy atom. The molecule has 1 aromatic carbocycles. The van der Waals surface area contributed by atoms with Crippen molar-refractivity contribution in [1.82, 2.24) is 0 Å². The summed E-state index contributed by atoms with van der Waals surface area (Å²) in [6.45, 7) is 2.27.